The molecule has 2 rings (SSSR count). The van der Waals surface area contributed by atoms with Gasteiger partial charge in [0.2, 0.25) is 0 Å². The Kier molecular flexibility index (Phi) is 6.90. The van der Waals surface area contributed by atoms with Crippen LogP contribution in [0.25, 0.3) is 0 Å². The van der Waals surface area contributed by atoms with E-state index >= 15 is 0 Å². The van der Waals surface area contributed by atoms with Crippen molar-refractivity contribution in [3.05, 3.63) is 56.7 Å². The van der Waals surface area contributed by atoms with Gasteiger partial charge < -0.3 is 10.6 Å². The number of nitrogens with one attached hydrogen (secondary N) is 2. The molecular formula is C16H16Cl3N3S. The van der Waals surface area contributed by atoms with E-state index in [4.69, 9.17) is 47.0 Å². The molecule has 23 heavy (non-hydrogen) atoms. The molecular weight excluding hydrogens is 373 g/mol. The third-order valence-electron chi connectivity index (χ3n) is 3.25. The molecule has 2 aromatic rings. The molecule has 1 aromatic carbocycles. The summed E-state index contributed by atoms with van der Waals surface area (Å²) in [5.74, 6) is 0.774. The number of rotatable bonds is 5. The highest BCUT2D eigenvalue weighted by Gasteiger charge is 2.08. The standard InChI is InChI=1S/C16H16Cl3N3S/c1-2-10-4-3-6-20-15(10)22-16(23)21-7-5-11-8-12(17)9-13(18)14(11)19/h3-4,6,8-9H,2,5,7H2,1H3,(H2,20,21,22,23). The van der Waals surface area contributed by atoms with Gasteiger partial charge in [0.05, 0.1) is 10.0 Å². The predicted octanol–water partition coefficient (Wildman–Crippen LogP) is 5.13. The Bertz CT molecular complexity index is 707. The first kappa shape index (κ1) is 18.3. The van der Waals surface area contributed by atoms with Gasteiger partial charge in [-0.25, -0.2) is 4.98 Å². The summed E-state index contributed by atoms with van der Waals surface area (Å²) in [4.78, 5) is 4.30. The molecule has 0 aliphatic carbocycles. The molecule has 7 heteroatoms. The molecule has 0 unspecified atom stereocenters. The first-order valence-corrected chi connectivity index (χ1v) is 8.67. The zero-order chi connectivity index (χ0) is 16.8. The van der Waals surface area contributed by atoms with Crippen molar-refractivity contribution in [2.24, 2.45) is 0 Å². The SMILES string of the molecule is CCc1cccnc1NC(=S)NCCc1cc(Cl)cc(Cl)c1Cl. The fraction of sp³-hybridized carbons (Fsp3) is 0.250. The summed E-state index contributed by atoms with van der Waals surface area (Å²) in [7, 11) is 0. The van der Waals surface area contributed by atoms with Crippen molar-refractivity contribution >= 4 is 58.0 Å². The Hall–Kier alpha value is -1.07. The first-order valence-electron chi connectivity index (χ1n) is 7.13. The molecule has 0 aliphatic heterocycles. The van der Waals surface area contributed by atoms with E-state index in [1.54, 1.807) is 12.3 Å². The highest BCUT2D eigenvalue weighted by molar-refractivity contribution is 7.80. The maximum absolute atomic E-state index is 6.17. The van der Waals surface area contributed by atoms with Crippen LogP contribution in [0, 0.1) is 0 Å². The second kappa shape index (κ2) is 8.69. The van der Waals surface area contributed by atoms with Crippen LogP contribution in [0.1, 0.15) is 18.1 Å². The van der Waals surface area contributed by atoms with Crippen LogP contribution in [-0.4, -0.2) is 16.6 Å². The summed E-state index contributed by atoms with van der Waals surface area (Å²) in [5, 5.41) is 8.30. The van der Waals surface area contributed by atoms with Gasteiger partial charge in [-0.2, -0.15) is 0 Å². The number of pyridine rings is 1. The molecule has 0 spiro atoms. The number of halogens is 3. The Labute approximate surface area is 156 Å². The average Bonchev–Trinajstić information content (AvgIpc) is 2.52. The largest absolute Gasteiger partial charge is 0.362 e. The smallest absolute Gasteiger partial charge is 0.171 e. The van der Waals surface area contributed by atoms with E-state index in [1.807, 2.05) is 18.2 Å². The summed E-state index contributed by atoms with van der Waals surface area (Å²) >= 11 is 23.5. The summed E-state index contributed by atoms with van der Waals surface area (Å²) in [5.41, 5.74) is 1.99. The summed E-state index contributed by atoms with van der Waals surface area (Å²) in [6.07, 6.45) is 3.27. The van der Waals surface area contributed by atoms with Gasteiger partial charge in [-0.05, 0) is 54.4 Å². The maximum Gasteiger partial charge on any atom is 0.171 e. The lowest BCUT2D eigenvalue weighted by molar-refractivity contribution is 0.872. The van der Waals surface area contributed by atoms with Crippen molar-refractivity contribution in [1.82, 2.24) is 10.3 Å². The maximum atomic E-state index is 6.17. The highest BCUT2D eigenvalue weighted by Crippen LogP contribution is 2.29. The molecule has 0 fully saturated rings. The van der Waals surface area contributed by atoms with Crippen molar-refractivity contribution < 1.29 is 0 Å². The van der Waals surface area contributed by atoms with Crippen LogP contribution in [0.3, 0.4) is 0 Å². The fourth-order valence-corrected chi connectivity index (χ4v) is 3.03. The first-order chi connectivity index (χ1) is 11.0. The molecule has 1 aromatic heterocycles. The van der Waals surface area contributed by atoms with Crippen LogP contribution in [0.4, 0.5) is 5.82 Å². The third-order valence-corrected chi connectivity index (χ3v) is 4.56. The van der Waals surface area contributed by atoms with Gasteiger partial charge in [-0.15, -0.1) is 0 Å². The molecule has 0 atom stereocenters. The molecule has 0 bridgehead atoms. The zero-order valence-corrected chi connectivity index (χ0v) is 15.6. The van der Waals surface area contributed by atoms with Gasteiger partial charge in [-0.3, -0.25) is 0 Å². The predicted molar refractivity (Wildman–Crippen MR) is 103 cm³/mol. The van der Waals surface area contributed by atoms with E-state index in [0.29, 0.717) is 33.1 Å². The quantitative estimate of drug-likeness (QED) is 0.550. The molecule has 0 saturated carbocycles. The molecule has 0 radical (unpaired) electrons. The lowest BCUT2D eigenvalue weighted by Crippen LogP contribution is -2.31. The van der Waals surface area contributed by atoms with Gasteiger partial charge in [-0.1, -0.05) is 47.8 Å². The second-order valence-electron chi connectivity index (χ2n) is 4.86. The molecule has 1 heterocycles. The van der Waals surface area contributed by atoms with E-state index in [2.05, 4.69) is 22.5 Å². The van der Waals surface area contributed by atoms with E-state index in [0.717, 1.165) is 23.4 Å². The Morgan fingerprint density at radius 1 is 1.22 bits per heavy atom. The minimum atomic E-state index is 0.455. The highest BCUT2D eigenvalue weighted by atomic mass is 35.5. The number of benzene rings is 1. The normalized spacial score (nSPS) is 10.4. The topological polar surface area (TPSA) is 37.0 Å². The average molecular weight is 389 g/mol. The van der Waals surface area contributed by atoms with Crippen molar-refractivity contribution in [2.45, 2.75) is 19.8 Å². The van der Waals surface area contributed by atoms with Crippen molar-refractivity contribution in [1.29, 1.82) is 0 Å². The van der Waals surface area contributed by atoms with Gasteiger partial charge in [0.1, 0.15) is 5.82 Å². The second-order valence-corrected chi connectivity index (χ2v) is 6.49. The minimum Gasteiger partial charge on any atom is -0.362 e. The van der Waals surface area contributed by atoms with Crippen LogP contribution in [-0.2, 0) is 12.8 Å². The van der Waals surface area contributed by atoms with Crippen LogP contribution in [0.2, 0.25) is 15.1 Å². The van der Waals surface area contributed by atoms with Gasteiger partial charge in [0, 0.05) is 17.8 Å². The lowest BCUT2D eigenvalue weighted by atomic mass is 10.1. The molecule has 0 aliphatic rings. The number of thiocarbonyl (C=S) groups is 1. The number of aromatic nitrogens is 1. The monoisotopic (exact) mass is 387 g/mol. The van der Waals surface area contributed by atoms with Crippen LogP contribution in [0.5, 0.6) is 0 Å². The summed E-state index contributed by atoms with van der Waals surface area (Å²) in [6, 6.07) is 7.36. The Morgan fingerprint density at radius 3 is 2.74 bits per heavy atom. The number of hydrogen-bond acceptors (Lipinski definition) is 2. The van der Waals surface area contributed by atoms with E-state index in [1.165, 1.54) is 0 Å². The molecule has 2 N–H and O–H groups in total. The molecule has 0 saturated heterocycles. The van der Waals surface area contributed by atoms with Crippen LogP contribution < -0.4 is 10.6 Å². The molecule has 0 amide bonds. The van der Waals surface area contributed by atoms with E-state index in [-0.39, 0.29) is 0 Å². The van der Waals surface area contributed by atoms with Gasteiger partial charge >= 0.3 is 0 Å². The van der Waals surface area contributed by atoms with E-state index < -0.39 is 0 Å². The van der Waals surface area contributed by atoms with E-state index in [9.17, 15) is 0 Å². The Morgan fingerprint density at radius 2 is 2.00 bits per heavy atom. The van der Waals surface area contributed by atoms with Crippen molar-refractivity contribution in [3.63, 3.8) is 0 Å². The summed E-state index contributed by atoms with van der Waals surface area (Å²) < 4.78 is 0. The number of anilines is 1. The van der Waals surface area contributed by atoms with Crippen molar-refractivity contribution in [3.8, 4) is 0 Å². The third kappa shape index (κ3) is 5.21. The fourth-order valence-electron chi connectivity index (χ4n) is 2.09. The number of aryl methyl sites for hydroxylation is 1. The van der Waals surface area contributed by atoms with Crippen molar-refractivity contribution in [2.75, 3.05) is 11.9 Å². The lowest BCUT2D eigenvalue weighted by Gasteiger charge is -2.13. The minimum absolute atomic E-state index is 0.455. The Balaban J connectivity index is 1.90. The van der Waals surface area contributed by atoms with Gasteiger partial charge in [0.25, 0.3) is 0 Å². The summed E-state index contributed by atoms with van der Waals surface area (Å²) in [6.45, 7) is 2.68. The molecule has 122 valence electrons. The molecule has 3 nitrogen and oxygen atoms in total. The van der Waals surface area contributed by atoms with Crippen LogP contribution >= 0.6 is 47.0 Å². The number of hydrogen-bond donors (Lipinski definition) is 2. The van der Waals surface area contributed by atoms with Gasteiger partial charge in [0.15, 0.2) is 5.11 Å². The zero-order valence-electron chi connectivity index (χ0n) is 12.5. The number of nitrogens with zero attached hydrogens (tertiary/aromatic N) is 1. The van der Waals surface area contributed by atoms with Crippen LogP contribution in [0.15, 0.2) is 30.5 Å².